The molecular formula is C12H18N2OS. The minimum absolute atomic E-state index is 0.113. The second kappa shape index (κ2) is 4.95. The summed E-state index contributed by atoms with van der Waals surface area (Å²) in [5, 5.41) is 2.83. The van der Waals surface area contributed by atoms with Crippen LogP contribution in [0.15, 0.2) is 5.38 Å². The summed E-state index contributed by atoms with van der Waals surface area (Å²) in [7, 11) is 0. The Labute approximate surface area is 100 Å². The van der Waals surface area contributed by atoms with E-state index in [1.54, 1.807) is 11.3 Å². The molecule has 1 aromatic rings. The van der Waals surface area contributed by atoms with Gasteiger partial charge in [0.15, 0.2) is 0 Å². The van der Waals surface area contributed by atoms with Crippen molar-refractivity contribution in [2.45, 2.75) is 33.1 Å². The SMILES string of the molecule is CCC1CCCN(C(=O)c2csc(C)n2)C1. The van der Waals surface area contributed by atoms with Gasteiger partial charge < -0.3 is 4.90 Å². The number of aryl methyl sites for hydroxylation is 1. The molecule has 16 heavy (non-hydrogen) atoms. The van der Waals surface area contributed by atoms with Crippen LogP contribution in [0.3, 0.4) is 0 Å². The van der Waals surface area contributed by atoms with Crippen LogP contribution in [0.4, 0.5) is 0 Å². The van der Waals surface area contributed by atoms with Crippen molar-refractivity contribution in [2.75, 3.05) is 13.1 Å². The summed E-state index contributed by atoms with van der Waals surface area (Å²) in [4.78, 5) is 18.4. The zero-order valence-corrected chi connectivity index (χ0v) is 10.7. The van der Waals surface area contributed by atoms with Crippen molar-refractivity contribution in [1.82, 2.24) is 9.88 Å². The Hall–Kier alpha value is -0.900. The lowest BCUT2D eigenvalue weighted by molar-refractivity contribution is 0.0666. The van der Waals surface area contributed by atoms with Crippen molar-refractivity contribution in [3.8, 4) is 0 Å². The molecule has 0 spiro atoms. The Morgan fingerprint density at radius 3 is 3.12 bits per heavy atom. The summed E-state index contributed by atoms with van der Waals surface area (Å²) in [6.45, 7) is 5.94. The number of aromatic nitrogens is 1. The first-order valence-corrected chi connectivity index (χ1v) is 6.80. The van der Waals surface area contributed by atoms with E-state index < -0.39 is 0 Å². The number of amides is 1. The van der Waals surface area contributed by atoms with Crippen LogP contribution in [0.1, 0.15) is 41.7 Å². The Morgan fingerprint density at radius 1 is 1.69 bits per heavy atom. The molecule has 1 aliphatic rings. The van der Waals surface area contributed by atoms with Crippen LogP contribution in [0.25, 0.3) is 0 Å². The molecule has 2 heterocycles. The molecule has 0 bridgehead atoms. The van der Waals surface area contributed by atoms with E-state index in [1.165, 1.54) is 12.8 Å². The molecule has 3 nitrogen and oxygen atoms in total. The Bertz CT molecular complexity index is 375. The van der Waals surface area contributed by atoms with Gasteiger partial charge in [-0.2, -0.15) is 0 Å². The van der Waals surface area contributed by atoms with E-state index in [0.29, 0.717) is 11.6 Å². The summed E-state index contributed by atoms with van der Waals surface area (Å²) in [6, 6.07) is 0. The summed E-state index contributed by atoms with van der Waals surface area (Å²) in [6.07, 6.45) is 3.56. The Kier molecular flexibility index (Phi) is 3.59. The maximum Gasteiger partial charge on any atom is 0.273 e. The lowest BCUT2D eigenvalue weighted by Crippen LogP contribution is -2.39. The van der Waals surface area contributed by atoms with E-state index >= 15 is 0 Å². The predicted molar refractivity (Wildman–Crippen MR) is 65.8 cm³/mol. The van der Waals surface area contributed by atoms with Gasteiger partial charge in [-0.15, -0.1) is 11.3 Å². The first-order valence-electron chi connectivity index (χ1n) is 5.92. The highest BCUT2D eigenvalue weighted by molar-refractivity contribution is 7.09. The topological polar surface area (TPSA) is 33.2 Å². The van der Waals surface area contributed by atoms with Gasteiger partial charge in [-0.05, 0) is 25.7 Å². The van der Waals surface area contributed by atoms with E-state index in [-0.39, 0.29) is 5.91 Å². The number of hydrogen-bond acceptors (Lipinski definition) is 3. The number of hydrogen-bond donors (Lipinski definition) is 0. The molecule has 0 N–H and O–H groups in total. The van der Waals surface area contributed by atoms with E-state index in [9.17, 15) is 4.79 Å². The van der Waals surface area contributed by atoms with E-state index in [0.717, 1.165) is 24.5 Å². The molecule has 1 amide bonds. The third kappa shape index (κ3) is 2.43. The van der Waals surface area contributed by atoms with Gasteiger partial charge in [0.25, 0.3) is 5.91 Å². The molecule has 1 aliphatic heterocycles. The third-order valence-corrected chi connectivity index (χ3v) is 4.00. The lowest BCUT2D eigenvalue weighted by Gasteiger charge is -2.31. The minimum Gasteiger partial charge on any atom is -0.337 e. The number of carbonyl (C=O) groups excluding carboxylic acids is 1. The highest BCUT2D eigenvalue weighted by atomic mass is 32.1. The summed E-state index contributed by atoms with van der Waals surface area (Å²) >= 11 is 1.54. The fourth-order valence-electron chi connectivity index (χ4n) is 2.21. The first-order chi connectivity index (χ1) is 7.70. The van der Waals surface area contributed by atoms with E-state index in [1.807, 2.05) is 17.2 Å². The van der Waals surface area contributed by atoms with Gasteiger partial charge in [0.1, 0.15) is 5.69 Å². The molecule has 1 fully saturated rings. The van der Waals surface area contributed by atoms with Crippen molar-refractivity contribution >= 4 is 17.2 Å². The molecule has 0 radical (unpaired) electrons. The summed E-state index contributed by atoms with van der Waals surface area (Å²) in [5.74, 6) is 0.792. The minimum atomic E-state index is 0.113. The first kappa shape index (κ1) is 11.6. The Morgan fingerprint density at radius 2 is 2.50 bits per heavy atom. The molecule has 1 saturated heterocycles. The van der Waals surface area contributed by atoms with Crippen LogP contribution < -0.4 is 0 Å². The molecule has 4 heteroatoms. The highest BCUT2D eigenvalue weighted by Crippen LogP contribution is 2.21. The average Bonchev–Trinajstić information content (AvgIpc) is 2.75. The van der Waals surface area contributed by atoms with Gasteiger partial charge in [0, 0.05) is 18.5 Å². The second-order valence-corrected chi connectivity index (χ2v) is 5.48. The van der Waals surface area contributed by atoms with Crippen molar-refractivity contribution in [3.63, 3.8) is 0 Å². The number of nitrogens with zero attached hydrogens (tertiary/aromatic N) is 2. The zero-order valence-electron chi connectivity index (χ0n) is 9.90. The molecule has 0 aromatic carbocycles. The molecule has 2 rings (SSSR count). The Balaban J connectivity index is 2.04. The fourth-order valence-corrected chi connectivity index (χ4v) is 2.79. The molecule has 88 valence electrons. The average molecular weight is 238 g/mol. The molecule has 1 atom stereocenters. The van der Waals surface area contributed by atoms with Crippen LogP contribution >= 0.6 is 11.3 Å². The van der Waals surface area contributed by atoms with Crippen molar-refractivity contribution < 1.29 is 4.79 Å². The third-order valence-electron chi connectivity index (χ3n) is 3.22. The zero-order chi connectivity index (χ0) is 11.5. The number of likely N-dealkylation sites (tertiary alicyclic amines) is 1. The van der Waals surface area contributed by atoms with E-state index in [4.69, 9.17) is 0 Å². The predicted octanol–water partition coefficient (Wildman–Crippen LogP) is 2.71. The number of thiazole rings is 1. The fraction of sp³-hybridized carbons (Fsp3) is 0.667. The molecule has 0 aliphatic carbocycles. The standard InChI is InChI=1S/C12H18N2OS/c1-3-10-5-4-6-14(7-10)12(15)11-8-16-9(2)13-11/h8,10H,3-7H2,1-2H3. The van der Waals surface area contributed by atoms with Crippen LogP contribution in [-0.4, -0.2) is 28.9 Å². The molecule has 1 aromatic heterocycles. The second-order valence-electron chi connectivity index (χ2n) is 4.42. The largest absolute Gasteiger partial charge is 0.337 e. The van der Waals surface area contributed by atoms with Gasteiger partial charge in [0.2, 0.25) is 0 Å². The smallest absolute Gasteiger partial charge is 0.273 e. The number of piperidine rings is 1. The van der Waals surface area contributed by atoms with Gasteiger partial charge in [-0.25, -0.2) is 4.98 Å². The highest BCUT2D eigenvalue weighted by Gasteiger charge is 2.24. The number of rotatable bonds is 2. The molecule has 1 unspecified atom stereocenters. The van der Waals surface area contributed by atoms with Crippen molar-refractivity contribution in [3.05, 3.63) is 16.1 Å². The van der Waals surface area contributed by atoms with E-state index in [2.05, 4.69) is 11.9 Å². The summed E-state index contributed by atoms with van der Waals surface area (Å²) in [5.41, 5.74) is 0.624. The van der Waals surface area contributed by atoms with Crippen molar-refractivity contribution in [2.24, 2.45) is 5.92 Å². The van der Waals surface area contributed by atoms with Crippen LogP contribution in [-0.2, 0) is 0 Å². The van der Waals surface area contributed by atoms with Gasteiger partial charge in [-0.3, -0.25) is 4.79 Å². The summed E-state index contributed by atoms with van der Waals surface area (Å²) < 4.78 is 0. The quantitative estimate of drug-likeness (QED) is 0.793. The number of carbonyl (C=O) groups is 1. The van der Waals surface area contributed by atoms with Gasteiger partial charge in [0.05, 0.1) is 5.01 Å². The van der Waals surface area contributed by atoms with Gasteiger partial charge >= 0.3 is 0 Å². The normalized spacial score (nSPS) is 21.1. The van der Waals surface area contributed by atoms with Crippen molar-refractivity contribution in [1.29, 1.82) is 0 Å². The maximum atomic E-state index is 12.1. The van der Waals surface area contributed by atoms with Crippen LogP contribution in [0.2, 0.25) is 0 Å². The molecular weight excluding hydrogens is 220 g/mol. The molecule has 0 saturated carbocycles. The monoisotopic (exact) mass is 238 g/mol. The van der Waals surface area contributed by atoms with Crippen LogP contribution in [0, 0.1) is 12.8 Å². The maximum absolute atomic E-state index is 12.1. The van der Waals surface area contributed by atoms with Crippen LogP contribution in [0.5, 0.6) is 0 Å². The lowest BCUT2D eigenvalue weighted by atomic mass is 9.95. The van der Waals surface area contributed by atoms with Gasteiger partial charge in [-0.1, -0.05) is 13.3 Å².